The number of esters is 1. The first-order chi connectivity index (χ1) is 15.6. The lowest BCUT2D eigenvalue weighted by molar-refractivity contribution is -0.145. The molecule has 1 rings (SSSR count). The first kappa shape index (κ1) is 30.4. The molecule has 1 aromatic carbocycles. The van der Waals surface area contributed by atoms with Gasteiger partial charge in [-0.2, -0.15) is 0 Å². The van der Waals surface area contributed by atoms with Crippen molar-refractivity contribution in [3.8, 4) is 0 Å². The van der Waals surface area contributed by atoms with Crippen molar-refractivity contribution in [1.29, 1.82) is 0 Å². The van der Waals surface area contributed by atoms with Gasteiger partial charge in [0.1, 0.15) is 6.61 Å². The molecule has 0 aliphatic carbocycles. The quantitative estimate of drug-likeness (QED) is 0.128. The van der Waals surface area contributed by atoms with Crippen LogP contribution >= 0.6 is 0 Å². The van der Waals surface area contributed by atoms with E-state index in [1.165, 1.54) is 70.6 Å². The third-order valence-corrected chi connectivity index (χ3v) is 5.68. The fraction of sp³-hybridized carbons (Fsp3) is 0.724. The van der Waals surface area contributed by atoms with Crippen LogP contribution in [0.15, 0.2) is 24.3 Å². The van der Waals surface area contributed by atoms with Gasteiger partial charge in [0.05, 0.1) is 0 Å². The van der Waals surface area contributed by atoms with E-state index in [1.807, 2.05) is 52.0 Å². The van der Waals surface area contributed by atoms with E-state index in [4.69, 9.17) is 4.74 Å². The van der Waals surface area contributed by atoms with Crippen molar-refractivity contribution < 1.29 is 14.3 Å². The van der Waals surface area contributed by atoms with Gasteiger partial charge in [0.2, 0.25) is 0 Å². The Labute approximate surface area is 198 Å². The summed E-state index contributed by atoms with van der Waals surface area (Å²) in [6.45, 7) is 10.2. The van der Waals surface area contributed by atoms with Crippen LogP contribution in [0.5, 0.6) is 0 Å². The molecule has 0 radical (unpaired) electrons. The highest BCUT2D eigenvalue weighted by molar-refractivity contribution is 5.98. The summed E-state index contributed by atoms with van der Waals surface area (Å²) < 4.78 is 5.41. The number of Topliss-reactive ketones (excluding diaryl/α,β-unsaturated/α-hetero) is 1. The van der Waals surface area contributed by atoms with E-state index in [0.29, 0.717) is 12.0 Å². The van der Waals surface area contributed by atoms with Crippen LogP contribution in [0.1, 0.15) is 140 Å². The lowest BCUT2D eigenvalue weighted by atomic mass is 9.97. The second kappa shape index (κ2) is 21.2. The molecule has 0 heterocycles. The Morgan fingerprint density at radius 2 is 1.22 bits per heavy atom. The number of hydrogen-bond acceptors (Lipinski definition) is 3. The minimum absolute atomic E-state index is 0.0624. The highest BCUT2D eigenvalue weighted by Gasteiger charge is 2.15. The summed E-state index contributed by atoms with van der Waals surface area (Å²) in [5, 5.41) is 0. The van der Waals surface area contributed by atoms with Crippen LogP contribution in [0.3, 0.4) is 0 Å². The van der Waals surface area contributed by atoms with E-state index in [0.717, 1.165) is 18.4 Å². The standard InChI is InChI=1S/C27H44O3.C2H6/c1-4-5-6-7-8-9-10-11-12-13-14-15-16-21-26(28)30-22-24-19-17-18-20-25(24)27(29)23(2)3;1-2/h17-20,23H,4-16,21-22H2,1-3H3;1-2H3. The minimum Gasteiger partial charge on any atom is -0.461 e. The van der Waals surface area contributed by atoms with Gasteiger partial charge < -0.3 is 4.74 Å². The molecule has 0 atom stereocenters. The van der Waals surface area contributed by atoms with Crippen molar-refractivity contribution in [2.24, 2.45) is 5.92 Å². The van der Waals surface area contributed by atoms with Gasteiger partial charge in [-0.1, -0.05) is 136 Å². The maximum Gasteiger partial charge on any atom is 0.306 e. The Balaban J connectivity index is 0.00000466. The summed E-state index contributed by atoms with van der Waals surface area (Å²) in [4.78, 5) is 24.3. The second-order valence-electron chi connectivity index (χ2n) is 8.83. The number of hydrogen-bond donors (Lipinski definition) is 0. The Bertz CT molecular complexity index is 592. The average molecular weight is 447 g/mol. The van der Waals surface area contributed by atoms with Crippen molar-refractivity contribution >= 4 is 11.8 Å². The van der Waals surface area contributed by atoms with Crippen LogP contribution in [0.2, 0.25) is 0 Å². The van der Waals surface area contributed by atoms with Gasteiger partial charge in [0, 0.05) is 23.5 Å². The molecule has 0 unspecified atom stereocenters. The van der Waals surface area contributed by atoms with Gasteiger partial charge >= 0.3 is 5.97 Å². The predicted octanol–water partition coefficient (Wildman–Crippen LogP) is 9.08. The molecule has 0 N–H and O–H groups in total. The highest BCUT2D eigenvalue weighted by Crippen LogP contribution is 2.16. The molecule has 0 aliphatic heterocycles. The van der Waals surface area contributed by atoms with Gasteiger partial charge in [-0.15, -0.1) is 0 Å². The monoisotopic (exact) mass is 446 g/mol. The van der Waals surface area contributed by atoms with E-state index in [-0.39, 0.29) is 24.3 Å². The Kier molecular flexibility index (Phi) is 20.1. The van der Waals surface area contributed by atoms with Gasteiger partial charge in [-0.25, -0.2) is 0 Å². The smallest absolute Gasteiger partial charge is 0.306 e. The molecule has 0 spiro atoms. The summed E-state index contributed by atoms with van der Waals surface area (Å²) in [6.07, 6.45) is 17.3. The summed E-state index contributed by atoms with van der Waals surface area (Å²) in [5.74, 6) is -0.129. The molecule has 0 aliphatic rings. The molecule has 0 saturated carbocycles. The first-order valence-electron chi connectivity index (χ1n) is 13.3. The number of carbonyl (C=O) groups excluding carboxylic acids is 2. The number of benzene rings is 1. The number of unbranched alkanes of at least 4 members (excludes halogenated alkanes) is 12. The molecule has 0 fully saturated rings. The van der Waals surface area contributed by atoms with Crippen molar-refractivity contribution in [2.75, 3.05) is 0 Å². The molecule has 1 aromatic rings. The zero-order valence-corrected chi connectivity index (χ0v) is 21.7. The lowest BCUT2D eigenvalue weighted by Crippen LogP contribution is -2.12. The molecule has 184 valence electrons. The summed E-state index contributed by atoms with van der Waals surface area (Å²) in [6, 6.07) is 7.42. The highest BCUT2D eigenvalue weighted by atomic mass is 16.5. The van der Waals surface area contributed by atoms with Crippen LogP contribution in [0.4, 0.5) is 0 Å². The maximum atomic E-state index is 12.3. The van der Waals surface area contributed by atoms with E-state index >= 15 is 0 Å². The number of ketones is 1. The van der Waals surface area contributed by atoms with Crippen LogP contribution in [0.25, 0.3) is 0 Å². The third kappa shape index (κ3) is 15.2. The normalized spacial score (nSPS) is 10.6. The van der Waals surface area contributed by atoms with E-state index < -0.39 is 0 Å². The SMILES string of the molecule is CC.CCCCCCCCCCCCCCCC(=O)OCc1ccccc1C(=O)C(C)C. The molecule has 32 heavy (non-hydrogen) atoms. The van der Waals surface area contributed by atoms with Crippen molar-refractivity contribution in [3.63, 3.8) is 0 Å². The lowest BCUT2D eigenvalue weighted by Gasteiger charge is -2.11. The van der Waals surface area contributed by atoms with Crippen molar-refractivity contribution in [2.45, 2.75) is 131 Å². The third-order valence-electron chi connectivity index (χ3n) is 5.68. The van der Waals surface area contributed by atoms with Crippen LogP contribution < -0.4 is 0 Å². The number of carbonyl (C=O) groups is 2. The van der Waals surface area contributed by atoms with Gasteiger partial charge in [0.15, 0.2) is 5.78 Å². The van der Waals surface area contributed by atoms with Gasteiger partial charge in [-0.05, 0) is 6.42 Å². The van der Waals surface area contributed by atoms with Crippen LogP contribution in [-0.2, 0) is 16.1 Å². The summed E-state index contributed by atoms with van der Waals surface area (Å²) in [5.41, 5.74) is 1.47. The molecular formula is C29H50O3. The van der Waals surface area contributed by atoms with Crippen LogP contribution in [-0.4, -0.2) is 11.8 Å². The number of rotatable bonds is 18. The molecule has 0 saturated heterocycles. The molecule has 3 heteroatoms. The van der Waals surface area contributed by atoms with Gasteiger partial charge in [0.25, 0.3) is 0 Å². The zero-order chi connectivity index (χ0) is 24.0. The van der Waals surface area contributed by atoms with Crippen LogP contribution in [0, 0.1) is 5.92 Å². The topological polar surface area (TPSA) is 43.4 Å². The molecule has 0 aromatic heterocycles. The Hall–Kier alpha value is -1.64. The summed E-state index contributed by atoms with van der Waals surface area (Å²) >= 11 is 0. The van der Waals surface area contributed by atoms with Gasteiger partial charge in [-0.3, -0.25) is 9.59 Å². The van der Waals surface area contributed by atoms with Crippen molar-refractivity contribution in [3.05, 3.63) is 35.4 Å². The predicted molar refractivity (Wildman–Crippen MR) is 137 cm³/mol. The Morgan fingerprint density at radius 1 is 0.750 bits per heavy atom. The fourth-order valence-corrected chi connectivity index (χ4v) is 3.72. The molecule has 0 amide bonds. The maximum absolute atomic E-state index is 12.3. The largest absolute Gasteiger partial charge is 0.461 e. The zero-order valence-electron chi connectivity index (χ0n) is 21.7. The average Bonchev–Trinajstić information content (AvgIpc) is 2.81. The summed E-state index contributed by atoms with van der Waals surface area (Å²) in [7, 11) is 0. The van der Waals surface area contributed by atoms with E-state index in [2.05, 4.69) is 6.92 Å². The first-order valence-corrected chi connectivity index (χ1v) is 13.3. The van der Waals surface area contributed by atoms with E-state index in [9.17, 15) is 9.59 Å². The molecule has 3 nitrogen and oxygen atoms in total. The minimum atomic E-state index is -0.162. The number of ether oxygens (including phenoxy) is 1. The van der Waals surface area contributed by atoms with Crippen molar-refractivity contribution in [1.82, 2.24) is 0 Å². The molecular weight excluding hydrogens is 396 g/mol. The Morgan fingerprint density at radius 3 is 1.72 bits per heavy atom. The second-order valence-corrected chi connectivity index (χ2v) is 8.83. The van der Waals surface area contributed by atoms with E-state index in [1.54, 1.807) is 0 Å². The fourth-order valence-electron chi connectivity index (χ4n) is 3.72. The molecule has 0 bridgehead atoms.